The van der Waals surface area contributed by atoms with E-state index in [1.54, 1.807) is 0 Å². The van der Waals surface area contributed by atoms with Crippen LogP contribution >= 0.6 is 12.6 Å². The van der Waals surface area contributed by atoms with Crippen LogP contribution in [0.25, 0.3) is 0 Å². The van der Waals surface area contributed by atoms with Gasteiger partial charge >= 0.3 is 0 Å². The summed E-state index contributed by atoms with van der Waals surface area (Å²) in [6.45, 7) is 5.94. The standard InChI is InChI=1S/C13H21NS/c1-10-3-6-12(7-4-10)9-13(15)8-5-11(2)14/h3,6-7,10,13,15H,2,4-5,8-9,14H2,1H3/t10?,13-/m0/s1. The van der Waals surface area contributed by atoms with Crippen molar-refractivity contribution in [3.05, 3.63) is 36.1 Å². The van der Waals surface area contributed by atoms with Crippen LogP contribution in [0.2, 0.25) is 0 Å². The molecule has 0 saturated carbocycles. The van der Waals surface area contributed by atoms with E-state index >= 15 is 0 Å². The van der Waals surface area contributed by atoms with E-state index in [9.17, 15) is 0 Å². The molecular formula is C13H21NS. The largest absolute Gasteiger partial charge is 0.403 e. The molecule has 0 aromatic rings. The van der Waals surface area contributed by atoms with Crippen LogP contribution in [0, 0.1) is 5.92 Å². The molecule has 0 bridgehead atoms. The average molecular weight is 223 g/mol. The van der Waals surface area contributed by atoms with Gasteiger partial charge in [0, 0.05) is 10.9 Å². The van der Waals surface area contributed by atoms with E-state index in [0.29, 0.717) is 11.2 Å². The number of rotatable bonds is 5. The smallest absolute Gasteiger partial charge is 0.00608 e. The van der Waals surface area contributed by atoms with Gasteiger partial charge in [0.15, 0.2) is 0 Å². The van der Waals surface area contributed by atoms with Gasteiger partial charge in [-0.3, -0.25) is 0 Å². The van der Waals surface area contributed by atoms with Crippen molar-refractivity contribution in [3.8, 4) is 0 Å². The summed E-state index contributed by atoms with van der Waals surface area (Å²) < 4.78 is 0. The van der Waals surface area contributed by atoms with Crippen molar-refractivity contribution in [2.45, 2.75) is 37.9 Å². The van der Waals surface area contributed by atoms with Crippen molar-refractivity contribution >= 4 is 12.6 Å². The summed E-state index contributed by atoms with van der Waals surface area (Å²) >= 11 is 4.57. The third-order valence-corrected chi connectivity index (χ3v) is 3.10. The molecule has 1 aliphatic rings. The number of allylic oxidation sites excluding steroid dienone is 5. The Kier molecular flexibility index (Phi) is 5.03. The molecule has 0 saturated heterocycles. The minimum atomic E-state index is 0.398. The highest BCUT2D eigenvalue weighted by Crippen LogP contribution is 2.22. The van der Waals surface area contributed by atoms with Crippen molar-refractivity contribution in [1.29, 1.82) is 0 Å². The maximum atomic E-state index is 5.54. The number of hydrogen-bond donors (Lipinski definition) is 2. The Morgan fingerprint density at radius 3 is 3.00 bits per heavy atom. The number of hydrogen-bond acceptors (Lipinski definition) is 2. The molecule has 1 aliphatic carbocycles. The van der Waals surface area contributed by atoms with E-state index in [1.807, 2.05) is 0 Å². The van der Waals surface area contributed by atoms with Gasteiger partial charge < -0.3 is 5.73 Å². The SMILES string of the molecule is C=C(N)CC[C@H](S)CC1=CCC(C)C=C1. The van der Waals surface area contributed by atoms with E-state index in [2.05, 4.69) is 44.4 Å². The molecule has 1 nitrogen and oxygen atoms in total. The number of thiol groups is 1. The van der Waals surface area contributed by atoms with Crippen LogP contribution in [0.15, 0.2) is 36.1 Å². The second-order valence-electron chi connectivity index (χ2n) is 4.41. The molecule has 2 heteroatoms. The molecule has 84 valence electrons. The summed E-state index contributed by atoms with van der Waals surface area (Å²) in [5.41, 5.74) is 7.71. The van der Waals surface area contributed by atoms with Gasteiger partial charge in [0.2, 0.25) is 0 Å². The van der Waals surface area contributed by atoms with Crippen molar-refractivity contribution < 1.29 is 0 Å². The lowest BCUT2D eigenvalue weighted by molar-refractivity contribution is 0.707. The second-order valence-corrected chi connectivity index (χ2v) is 5.14. The molecule has 0 spiro atoms. The van der Waals surface area contributed by atoms with Crippen molar-refractivity contribution in [2.24, 2.45) is 11.7 Å². The van der Waals surface area contributed by atoms with Crippen molar-refractivity contribution in [1.82, 2.24) is 0 Å². The van der Waals surface area contributed by atoms with Gasteiger partial charge in [-0.1, -0.05) is 37.3 Å². The Labute approximate surface area is 98.5 Å². The fraction of sp³-hybridized carbons (Fsp3) is 0.538. The van der Waals surface area contributed by atoms with Crippen LogP contribution in [-0.4, -0.2) is 5.25 Å². The van der Waals surface area contributed by atoms with Crippen molar-refractivity contribution in [3.63, 3.8) is 0 Å². The molecule has 1 rings (SSSR count). The third kappa shape index (κ3) is 5.12. The maximum absolute atomic E-state index is 5.54. The lowest BCUT2D eigenvalue weighted by Crippen LogP contribution is -2.05. The van der Waals surface area contributed by atoms with Gasteiger partial charge in [-0.25, -0.2) is 0 Å². The molecule has 0 aliphatic heterocycles. The summed E-state index contributed by atoms with van der Waals surface area (Å²) in [6, 6.07) is 0. The quantitative estimate of drug-likeness (QED) is 0.686. The van der Waals surface area contributed by atoms with E-state index in [1.165, 1.54) is 5.57 Å². The zero-order chi connectivity index (χ0) is 11.3. The van der Waals surface area contributed by atoms with Crippen LogP contribution in [0.1, 0.15) is 32.6 Å². The molecular weight excluding hydrogens is 202 g/mol. The minimum absolute atomic E-state index is 0.398. The lowest BCUT2D eigenvalue weighted by Gasteiger charge is -2.15. The fourth-order valence-corrected chi connectivity index (χ4v) is 1.99. The molecule has 0 amide bonds. The van der Waals surface area contributed by atoms with Gasteiger partial charge in [-0.15, -0.1) is 0 Å². The summed E-state index contributed by atoms with van der Waals surface area (Å²) in [5.74, 6) is 0.691. The fourth-order valence-electron chi connectivity index (χ4n) is 1.65. The highest BCUT2D eigenvalue weighted by atomic mass is 32.1. The van der Waals surface area contributed by atoms with E-state index in [-0.39, 0.29) is 0 Å². The van der Waals surface area contributed by atoms with Crippen molar-refractivity contribution in [2.75, 3.05) is 0 Å². The van der Waals surface area contributed by atoms with Gasteiger partial charge in [0.05, 0.1) is 0 Å². The summed E-state index contributed by atoms with van der Waals surface area (Å²) in [6.07, 6.45) is 10.9. The van der Waals surface area contributed by atoms with Gasteiger partial charge in [-0.05, 0) is 31.6 Å². The minimum Gasteiger partial charge on any atom is -0.403 e. The molecule has 0 fully saturated rings. The molecule has 2 N–H and O–H groups in total. The molecule has 0 aromatic heterocycles. The highest BCUT2D eigenvalue weighted by molar-refractivity contribution is 7.80. The Balaban J connectivity index is 2.29. The first-order chi connectivity index (χ1) is 7.08. The van der Waals surface area contributed by atoms with E-state index in [4.69, 9.17) is 5.73 Å². The third-order valence-electron chi connectivity index (χ3n) is 2.66. The normalized spacial score (nSPS) is 22.3. The molecule has 15 heavy (non-hydrogen) atoms. The average Bonchev–Trinajstić information content (AvgIpc) is 2.19. The predicted octanol–water partition coefficient (Wildman–Crippen LogP) is 3.45. The Hall–Kier alpha value is -0.630. The Morgan fingerprint density at radius 1 is 1.73 bits per heavy atom. The molecule has 1 unspecified atom stereocenters. The van der Waals surface area contributed by atoms with Crippen LogP contribution < -0.4 is 5.73 Å². The first-order valence-corrected chi connectivity index (χ1v) is 6.08. The molecule has 0 aromatic carbocycles. The zero-order valence-corrected chi connectivity index (χ0v) is 10.3. The van der Waals surface area contributed by atoms with E-state index < -0.39 is 0 Å². The van der Waals surface area contributed by atoms with Gasteiger partial charge in [-0.2, -0.15) is 12.6 Å². The first kappa shape index (κ1) is 12.4. The molecule has 2 atom stereocenters. The summed E-state index contributed by atoms with van der Waals surface area (Å²) in [4.78, 5) is 0. The van der Waals surface area contributed by atoms with Gasteiger partial charge in [0.25, 0.3) is 0 Å². The Bertz CT molecular complexity index is 278. The molecule has 0 radical (unpaired) electrons. The maximum Gasteiger partial charge on any atom is 0.00608 e. The number of nitrogens with two attached hydrogens (primary N) is 1. The zero-order valence-electron chi connectivity index (χ0n) is 9.45. The van der Waals surface area contributed by atoms with Crippen LogP contribution in [0.5, 0.6) is 0 Å². The topological polar surface area (TPSA) is 26.0 Å². The Morgan fingerprint density at radius 2 is 2.47 bits per heavy atom. The monoisotopic (exact) mass is 223 g/mol. The summed E-state index contributed by atoms with van der Waals surface area (Å²) in [5, 5.41) is 0.398. The highest BCUT2D eigenvalue weighted by Gasteiger charge is 2.08. The lowest BCUT2D eigenvalue weighted by atomic mass is 9.95. The second kappa shape index (κ2) is 6.06. The van der Waals surface area contributed by atoms with Crippen LogP contribution in [0.4, 0.5) is 0 Å². The molecule has 0 heterocycles. The van der Waals surface area contributed by atoms with Crippen LogP contribution in [-0.2, 0) is 0 Å². The van der Waals surface area contributed by atoms with Crippen LogP contribution in [0.3, 0.4) is 0 Å². The summed E-state index contributed by atoms with van der Waals surface area (Å²) in [7, 11) is 0. The predicted molar refractivity (Wildman–Crippen MR) is 71.0 cm³/mol. The van der Waals surface area contributed by atoms with Gasteiger partial charge in [0.1, 0.15) is 0 Å². The van der Waals surface area contributed by atoms with E-state index in [0.717, 1.165) is 31.4 Å². The first-order valence-electron chi connectivity index (χ1n) is 5.56.